The van der Waals surface area contributed by atoms with E-state index in [1.165, 1.54) is 0 Å². The number of aromatic carboxylic acids is 1. The summed E-state index contributed by atoms with van der Waals surface area (Å²) < 4.78 is 7.24. The molecule has 124 valence electrons. The summed E-state index contributed by atoms with van der Waals surface area (Å²) in [5.74, 6) is -0.238. The third-order valence-electron chi connectivity index (χ3n) is 3.58. The number of aromatic nitrogens is 3. The highest BCUT2D eigenvalue weighted by atomic mass is 16.5. The molecule has 0 aliphatic rings. The van der Waals surface area contributed by atoms with E-state index in [-0.39, 0.29) is 5.69 Å². The zero-order valence-corrected chi connectivity index (χ0v) is 13.7. The number of ether oxygens (including phenoxy) is 1. The fraction of sp³-hybridized carbons (Fsp3) is 0.471. The second-order valence-electron chi connectivity index (χ2n) is 5.40. The van der Waals surface area contributed by atoms with Gasteiger partial charge in [-0.05, 0) is 43.5 Å². The van der Waals surface area contributed by atoms with Gasteiger partial charge in [0.15, 0.2) is 5.69 Å². The van der Waals surface area contributed by atoms with Crippen molar-refractivity contribution in [1.29, 1.82) is 0 Å². The number of hydrogen-bond acceptors (Lipinski definition) is 4. The highest BCUT2D eigenvalue weighted by Crippen LogP contribution is 2.19. The molecule has 6 nitrogen and oxygen atoms in total. The summed E-state index contributed by atoms with van der Waals surface area (Å²) in [6.45, 7) is 4.89. The van der Waals surface area contributed by atoms with Gasteiger partial charge in [-0.15, -0.1) is 5.10 Å². The zero-order chi connectivity index (χ0) is 16.7. The molecule has 1 aromatic carbocycles. The molecule has 0 atom stereocenters. The smallest absolute Gasteiger partial charge is 0.358 e. The number of unbranched alkanes of at least 4 members (excludes halogenated alkanes) is 2. The molecule has 6 heteroatoms. The number of carbonyl (C=O) groups is 1. The van der Waals surface area contributed by atoms with E-state index in [9.17, 15) is 9.90 Å². The first-order valence-corrected chi connectivity index (χ1v) is 8.08. The Kier molecular flexibility index (Phi) is 6.14. The van der Waals surface area contributed by atoms with Crippen LogP contribution in [0.1, 0.15) is 55.7 Å². The summed E-state index contributed by atoms with van der Waals surface area (Å²) in [6.07, 6.45) is 4.63. The molecule has 0 saturated heterocycles. The molecule has 1 heterocycles. The fourth-order valence-corrected chi connectivity index (χ4v) is 2.26. The highest BCUT2D eigenvalue weighted by Gasteiger charge is 2.19. The molecule has 2 aromatic rings. The van der Waals surface area contributed by atoms with Crippen molar-refractivity contribution in [2.24, 2.45) is 0 Å². The Morgan fingerprint density at radius 1 is 1.17 bits per heavy atom. The first-order valence-electron chi connectivity index (χ1n) is 8.08. The fourth-order valence-electron chi connectivity index (χ4n) is 2.26. The number of nitrogens with zero attached hydrogens (tertiary/aromatic N) is 3. The van der Waals surface area contributed by atoms with E-state index in [4.69, 9.17) is 4.74 Å². The minimum absolute atomic E-state index is 0.0294. The van der Waals surface area contributed by atoms with Crippen LogP contribution >= 0.6 is 0 Å². The third-order valence-corrected chi connectivity index (χ3v) is 3.58. The lowest BCUT2D eigenvalue weighted by Gasteiger charge is -2.09. The van der Waals surface area contributed by atoms with Crippen LogP contribution in [0.4, 0.5) is 0 Å². The van der Waals surface area contributed by atoms with Crippen LogP contribution in [0, 0.1) is 0 Å². The van der Waals surface area contributed by atoms with Gasteiger partial charge in [0.25, 0.3) is 0 Å². The second-order valence-corrected chi connectivity index (χ2v) is 5.40. The van der Waals surface area contributed by atoms with Crippen LogP contribution in [-0.2, 0) is 6.42 Å². The lowest BCUT2D eigenvalue weighted by atomic mass is 10.1. The van der Waals surface area contributed by atoms with Crippen molar-refractivity contribution in [2.75, 3.05) is 6.61 Å². The molecule has 0 amide bonds. The monoisotopic (exact) mass is 317 g/mol. The summed E-state index contributed by atoms with van der Waals surface area (Å²) in [7, 11) is 0. The Labute approximate surface area is 136 Å². The third kappa shape index (κ3) is 4.31. The van der Waals surface area contributed by atoms with Gasteiger partial charge in [0.1, 0.15) is 5.75 Å². The molecule has 1 N–H and O–H groups in total. The van der Waals surface area contributed by atoms with E-state index < -0.39 is 5.97 Å². The van der Waals surface area contributed by atoms with E-state index >= 15 is 0 Å². The largest absolute Gasteiger partial charge is 0.494 e. The molecule has 0 unspecified atom stereocenters. The molecule has 23 heavy (non-hydrogen) atoms. The lowest BCUT2D eigenvalue weighted by molar-refractivity contribution is 0.0689. The highest BCUT2D eigenvalue weighted by molar-refractivity contribution is 5.86. The Hall–Kier alpha value is -2.37. The van der Waals surface area contributed by atoms with Crippen LogP contribution in [-0.4, -0.2) is 32.7 Å². The van der Waals surface area contributed by atoms with E-state index in [1.807, 2.05) is 24.3 Å². The van der Waals surface area contributed by atoms with E-state index in [0.29, 0.717) is 18.7 Å². The van der Waals surface area contributed by atoms with Crippen molar-refractivity contribution in [3.8, 4) is 11.4 Å². The van der Waals surface area contributed by atoms with Gasteiger partial charge >= 0.3 is 5.97 Å². The number of hydrogen-bond donors (Lipinski definition) is 1. The number of benzene rings is 1. The van der Waals surface area contributed by atoms with Crippen LogP contribution in [0.5, 0.6) is 5.75 Å². The normalized spacial score (nSPS) is 10.7. The SMILES string of the molecule is CCCCOc1ccc(-n2nnc(C(=O)O)c2CCCC)cc1. The maximum atomic E-state index is 11.3. The van der Waals surface area contributed by atoms with Crippen molar-refractivity contribution in [3.63, 3.8) is 0 Å². The average Bonchev–Trinajstić information content (AvgIpc) is 2.98. The minimum Gasteiger partial charge on any atom is -0.494 e. The van der Waals surface area contributed by atoms with Crippen molar-refractivity contribution in [3.05, 3.63) is 35.7 Å². The summed E-state index contributed by atoms with van der Waals surface area (Å²) in [5.41, 5.74) is 1.46. The zero-order valence-electron chi connectivity index (χ0n) is 13.7. The van der Waals surface area contributed by atoms with Gasteiger partial charge in [-0.25, -0.2) is 9.48 Å². The van der Waals surface area contributed by atoms with E-state index in [1.54, 1.807) is 4.68 Å². The van der Waals surface area contributed by atoms with Gasteiger partial charge in [-0.2, -0.15) is 0 Å². The summed E-state index contributed by atoms with van der Waals surface area (Å²) in [5, 5.41) is 17.1. The Bertz CT molecular complexity index is 635. The second kappa shape index (κ2) is 8.31. The predicted molar refractivity (Wildman–Crippen MR) is 87.3 cm³/mol. The average molecular weight is 317 g/mol. The molecule has 0 radical (unpaired) electrons. The first-order chi connectivity index (χ1) is 11.2. The molecular formula is C17H23N3O3. The lowest BCUT2D eigenvalue weighted by Crippen LogP contribution is -2.07. The van der Waals surface area contributed by atoms with E-state index in [2.05, 4.69) is 24.2 Å². The maximum Gasteiger partial charge on any atom is 0.358 e. The van der Waals surface area contributed by atoms with Crippen molar-refractivity contribution < 1.29 is 14.6 Å². The van der Waals surface area contributed by atoms with Crippen molar-refractivity contribution in [2.45, 2.75) is 46.0 Å². The molecule has 0 aliphatic heterocycles. The summed E-state index contributed by atoms with van der Waals surface area (Å²) in [4.78, 5) is 11.3. The Morgan fingerprint density at radius 3 is 2.48 bits per heavy atom. The van der Waals surface area contributed by atoms with Gasteiger partial charge in [0, 0.05) is 0 Å². The quantitative estimate of drug-likeness (QED) is 0.716. The predicted octanol–water partition coefficient (Wildman–Crippen LogP) is 3.49. The maximum absolute atomic E-state index is 11.3. The molecule has 0 saturated carbocycles. The van der Waals surface area contributed by atoms with Gasteiger partial charge in [0.05, 0.1) is 18.0 Å². The van der Waals surface area contributed by atoms with E-state index in [0.717, 1.165) is 37.1 Å². The standard InChI is InChI=1S/C17H23N3O3/c1-3-5-7-15-16(17(21)22)18-19-20(15)13-8-10-14(11-9-13)23-12-6-4-2/h8-11H,3-7,12H2,1-2H3,(H,21,22). The summed E-state index contributed by atoms with van der Waals surface area (Å²) in [6, 6.07) is 7.49. The molecule has 1 aromatic heterocycles. The molecular weight excluding hydrogens is 294 g/mol. The Balaban J connectivity index is 2.21. The number of carboxylic acids is 1. The molecule has 0 spiro atoms. The molecule has 0 bridgehead atoms. The van der Waals surface area contributed by atoms with Crippen LogP contribution in [0.3, 0.4) is 0 Å². The molecule has 2 rings (SSSR count). The van der Waals surface area contributed by atoms with Gasteiger partial charge < -0.3 is 9.84 Å². The van der Waals surface area contributed by atoms with Crippen LogP contribution in [0.25, 0.3) is 5.69 Å². The van der Waals surface area contributed by atoms with Crippen LogP contribution in [0.15, 0.2) is 24.3 Å². The minimum atomic E-state index is -1.04. The van der Waals surface area contributed by atoms with Crippen molar-refractivity contribution >= 4 is 5.97 Å². The first kappa shape index (κ1) is 17.0. The Morgan fingerprint density at radius 2 is 1.87 bits per heavy atom. The van der Waals surface area contributed by atoms with Crippen LogP contribution < -0.4 is 4.74 Å². The topological polar surface area (TPSA) is 77.2 Å². The van der Waals surface area contributed by atoms with Crippen LogP contribution in [0.2, 0.25) is 0 Å². The van der Waals surface area contributed by atoms with Gasteiger partial charge in [-0.1, -0.05) is 31.9 Å². The molecule has 0 fully saturated rings. The summed E-state index contributed by atoms with van der Waals surface area (Å²) >= 11 is 0. The van der Waals surface area contributed by atoms with Crippen molar-refractivity contribution in [1.82, 2.24) is 15.0 Å². The number of rotatable bonds is 9. The van der Waals surface area contributed by atoms with Gasteiger partial charge in [0.2, 0.25) is 0 Å². The van der Waals surface area contributed by atoms with Gasteiger partial charge in [-0.3, -0.25) is 0 Å². The number of carboxylic acid groups (broad SMARTS) is 1. The molecule has 0 aliphatic carbocycles.